The van der Waals surface area contributed by atoms with Crippen molar-refractivity contribution in [3.05, 3.63) is 10.6 Å². The van der Waals surface area contributed by atoms with E-state index in [0.29, 0.717) is 10.0 Å². The molecule has 14 heavy (non-hydrogen) atoms. The van der Waals surface area contributed by atoms with Crippen LogP contribution in [0.15, 0.2) is 0 Å². The third-order valence-electron chi connectivity index (χ3n) is 1.41. The summed E-state index contributed by atoms with van der Waals surface area (Å²) in [5.41, 5.74) is 4.91. The van der Waals surface area contributed by atoms with E-state index >= 15 is 0 Å². The van der Waals surface area contributed by atoms with Gasteiger partial charge in [0.15, 0.2) is 10.8 Å². The molecule has 0 fully saturated rings. The maximum absolute atomic E-state index is 10.6. The number of aryl methyl sites for hydroxylation is 1. The lowest BCUT2D eigenvalue weighted by atomic mass is 10.4. The summed E-state index contributed by atoms with van der Waals surface area (Å²) in [5.74, 6) is -1.60. The second kappa shape index (κ2) is 4.05. The fourth-order valence-electron chi connectivity index (χ4n) is 0.833. The molecule has 0 radical (unpaired) electrons. The van der Waals surface area contributed by atoms with E-state index in [1.807, 2.05) is 0 Å². The molecular formula is C7H9N3O3S. The van der Waals surface area contributed by atoms with Crippen LogP contribution in [0.4, 0.5) is 5.13 Å². The Morgan fingerprint density at radius 2 is 2.29 bits per heavy atom. The molecule has 1 aromatic rings. The normalized spacial score (nSPS) is 9.79. The monoisotopic (exact) mass is 215 g/mol. The van der Waals surface area contributed by atoms with E-state index in [4.69, 9.17) is 10.8 Å². The number of nitrogens with one attached hydrogen (secondary N) is 1. The van der Waals surface area contributed by atoms with Crippen molar-refractivity contribution in [3.63, 3.8) is 0 Å². The zero-order chi connectivity index (χ0) is 10.7. The number of thiazole rings is 1. The number of primary amides is 1. The maximum Gasteiger partial charge on any atom is 0.355 e. The number of carboxylic acids is 1. The highest BCUT2D eigenvalue weighted by molar-refractivity contribution is 7.15. The quantitative estimate of drug-likeness (QED) is 0.658. The number of carbonyl (C=O) groups is 2. The number of anilines is 1. The van der Waals surface area contributed by atoms with Crippen LogP contribution >= 0.6 is 11.3 Å². The van der Waals surface area contributed by atoms with Crippen LogP contribution in [0.2, 0.25) is 0 Å². The molecule has 0 aliphatic heterocycles. The minimum absolute atomic E-state index is 0.00182. The fraction of sp³-hybridized carbons (Fsp3) is 0.286. The SMILES string of the molecule is Cc1sc(NCC(N)=O)nc1C(=O)O. The highest BCUT2D eigenvalue weighted by Gasteiger charge is 2.13. The van der Waals surface area contributed by atoms with Gasteiger partial charge >= 0.3 is 5.97 Å². The Balaban J connectivity index is 2.76. The molecule has 0 unspecified atom stereocenters. The topological polar surface area (TPSA) is 105 Å². The van der Waals surface area contributed by atoms with Gasteiger partial charge in [-0.3, -0.25) is 4.79 Å². The standard InChI is InChI=1S/C7H9N3O3S/c1-3-5(6(12)13)10-7(14-3)9-2-4(8)11/h2H2,1H3,(H2,8,11)(H,9,10)(H,12,13). The van der Waals surface area contributed by atoms with E-state index in [2.05, 4.69) is 10.3 Å². The molecule has 1 aromatic heterocycles. The van der Waals surface area contributed by atoms with Gasteiger partial charge in [-0.15, -0.1) is 11.3 Å². The fourth-order valence-corrected chi connectivity index (χ4v) is 1.63. The van der Waals surface area contributed by atoms with Gasteiger partial charge in [0.2, 0.25) is 5.91 Å². The van der Waals surface area contributed by atoms with E-state index in [1.54, 1.807) is 6.92 Å². The Morgan fingerprint density at radius 3 is 2.71 bits per heavy atom. The summed E-state index contributed by atoms with van der Waals surface area (Å²) in [7, 11) is 0. The molecule has 1 rings (SSSR count). The van der Waals surface area contributed by atoms with Crippen LogP contribution in [0, 0.1) is 6.92 Å². The molecule has 1 heterocycles. The lowest BCUT2D eigenvalue weighted by molar-refractivity contribution is -0.116. The number of hydrogen-bond acceptors (Lipinski definition) is 5. The van der Waals surface area contributed by atoms with Crippen LogP contribution in [0.5, 0.6) is 0 Å². The molecular weight excluding hydrogens is 206 g/mol. The first-order chi connectivity index (χ1) is 6.50. The molecule has 6 nitrogen and oxygen atoms in total. The van der Waals surface area contributed by atoms with Crippen LogP contribution in [0.3, 0.4) is 0 Å². The Hall–Kier alpha value is -1.63. The third kappa shape index (κ3) is 2.43. The number of rotatable bonds is 4. The van der Waals surface area contributed by atoms with Crippen molar-refractivity contribution < 1.29 is 14.7 Å². The molecule has 76 valence electrons. The van der Waals surface area contributed by atoms with Crippen LogP contribution in [0.25, 0.3) is 0 Å². The third-order valence-corrected chi connectivity index (χ3v) is 2.34. The molecule has 0 aliphatic rings. The summed E-state index contributed by atoms with van der Waals surface area (Å²) in [6, 6.07) is 0. The first-order valence-corrected chi connectivity index (χ1v) is 4.55. The second-order valence-corrected chi connectivity index (χ2v) is 3.75. The predicted molar refractivity (Wildman–Crippen MR) is 51.5 cm³/mol. The lowest BCUT2D eigenvalue weighted by Crippen LogP contribution is -2.21. The van der Waals surface area contributed by atoms with Crippen molar-refractivity contribution in [1.29, 1.82) is 0 Å². The van der Waals surface area contributed by atoms with Gasteiger partial charge in [0, 0.05) is 4.88 Å². The van der Waals surface area contributed by atoms with Gasteiger partial charge < -0.3 is 16.2 Å². The Bertz CT molecular complexity index is 374. The number of nitrogens with two attached hydrogens (primary N) is 1. The molecule has 0 saturated heterocycles. The molecule has 0 aliphatic carbocycles. The molecule has 7 heteroatoms. The van der Waals surface area contributed by atoms with E-state index in [9.17, 15) is 9.59 Å². The van der Waals surface area contributed by atoms with Gasteiger partial charge in [-0.05, 0) is 6.92 Å². The van der Waals surface area contributed by atoms with Crippen molar-refractivity contribution in [2.75, 3.05) is 11.9 Å². The van der Waals surface area contributed by atoms with Crippen LogP contribution in [-0.2, 0) is 4.79 Å². The van der Waals surface area contributed by atoms with Gasteiger partial charge in [-0.25, -0.2) is 9.78 Å². The molecule has 0 atom stereocenters. The van der Waals surface area contributed by atoms with E-state index in [-0.39, 0.29) is 12.2 Å². The smallest absolute Gasteiger partial charge is 0.355 e. The zero-order valence-corrected chi connectivity index (χ0v) is 8.22. The van der Waals surface area contributed by atoms with Crippen LogP contribution < -0.4 is 11.1 Å². The number of nitrogens with zero attached hydrogens (tertiary/aromatic N) is 1. The zero-order valence-electron chi connectivity index (χ0n) is 7.40. The molecule has 0 aromatic carbocycles. The van der Waals surface area contributed by atoms with Crippen molar-refractivity contribution >= 4 is 28.3 Å². The molecule has 1 amide bonds. The predicted octanol–water partition coefficient (Wildman–Crippen LogP) is 0.0469. The first kappa shape index (κ1) is 10.5. The number of hydrogen-bond donors (Lipinski definition) is 3. The van der Waals surface area contributed by atoms with Crippen LogP contribution in [0.1, 0.15) is 15.4 Å². The number of aromatic nitrogens is 1. The van der Waals surface area contributed by atoms with Gasteiger partial charge in [-0.1, -0.05) is 0 Å². The van der Waals surface area contributed by atoms with Crippen molar-refractivity contribution in [1.82, 2.24) is 4.98 Å². The summed E-state index contributed by atoms with van der Waals surface area (Å²) in [6.45, 7) is 1.60. The van der Waals surface area contributed by atoms with Crippen molar-refractivity contribution in [2.24, 2.45) is 5.73 Å². The van der Waals surface area contributed by atoms with Crippen molar-refractivity contribution in [3.8, 4) is 0 Å². The average Bonchev–Trinajstić information content (AvgIpc) is 2.43. The summed E-state index contributed by atoms with van der Waals surface area (Å²) < 4.78 is 0. The van der Waals surface area contributed by atoms with Gasteiger partial charge in [-0.2, -0.15) is 0 Å². The maximum atomic E-state index is 10.6. The van der Waals surface area contributed by atoms with Crippen LogP contribution in [-0.4, -0.2) is 28.5 Å². The second-order valence-electron chi connectivity index (χ2n) is 2.55. The minimum Gasteiger partial charge on any atom is -0.476 e. The average molecular weight is 215 g/mol. The largest absolute Gasteiger partial charge is 0.476 e. The van der Waals surface area contributed by atoms with E-state index in [1.165, 1.54) is 11.3 Å². The highest BCUT2D eigenvalue weighted by atomic mass is 32.1. The number of aromatic carboxylic acids is 1. The number of carboxylic acid groups (broad SMARTS) is 1. The molecule has 0 saturated carbocycles. The van der Waals surface area contributed by atoms with Gasteiger partial charge in [0.1, 0.15) is 0 Å². The molecule has 0 spiro atoms. The summed E-state index contributed by atoms with van der Waals surface area (Å²) >= 11 is 1.17. The van der Waals surface area contributed by atoms with E-state index in [0.717, 1.165) is 0 Å². The van der Waals surface area contributed by atoms with E-state index < -0.39 is 11.9 Å². The number of amides is 1. The number of carbonyl (C=O) groups excluding carboxylic acids is 1. The molecule has 4 N–H and O–H groups in total. The minimum atomic E-state index is -1.08. The molecule has 0 bridgehead atoms. The Kier molecular flexibility index (Phi) is 3.03. The summed E-state index contributed by atoms with van der Waals surface area (Å²) in [4.78, 5) is 25.4. The first-order valence-electron chi connectivity index (χ1n) is 3.73. The highest BCUT2D eigenvalue weighted by Crippen LogP contribution is 2.21. The Labute approximate surface area is 83.8 Å². The summed E-state index contributed by atoms with van der Waals surface area (Å²) in [5, 5.41) is 11.7. The van der Waals surface area contributed by atoms with Gasteiger partial charge in [0.05, 0.1) is 6.54 Å². The van der Waals surface area contributed by atoms with Crippen molar-refractivity contribution in [2.45, 2.75) is 6.92 Å². The Morgan fingerprint density at radius 1 is 1.64 bits per heavy atom. The van der Waals surface area contributed by atoms with Gasteiger partial charge in [0.25, 0.3) is 0 Å². The summed E-state index contributed by atoms with van der Waals surface area (Å²) in [6.07, 6.45) is 0. The lowest BCUT2D eigenvalue weighted by Gasteiger charge is -1.95.